The molecular weight excluding hydrogens is 215 g/mol. The van der Waals surface area contributed by atoms with Crippen molar-refractivity contribution in [2.45, 2.75) is 13.8 Å². The molecule has 2 aromatic rings. The van der Waals surface area contributed by atoms with Crippen LogP contribution in [0.3, 0.4) is 0 Å². The molecule has 17 heavy (non-hydrogen) atoms. The molecule has 88 valence electrons. The Balaban J connectivity index is 2.31. The molecule has 0 aliphatic carbocycles. The smallest absolute Gasteiger partial charge is 0.128 e. The fraction of sp³-hybridized carbons (Fsp3) is 0.143. The molecule has 0 saturated heterocycles. The molecule has 2 nitrogen and oxygen atoms in total. The number of nitrogens with one attached hydrogen (secondary N) is 1. The lowest BCUT2D eigenvalue weighted by atomic mass is 10.1. The Morgan fingerprint density at radius 1 is 1.12 bits per heavy atom. The van der Waals surface area contributed by atoms with Gasteiger partial charge in [-0.3, -0.25) is 0 Å². The molecule has 0 heterocycles. The molecule has 0 spiro atoms. The highest BCUT2D eigenvalue weighted by Gasteiger charge is 2.03. The molecule has 3 heteroatoms. The number of nitrogen functional groups attached to an aromatic ring is 1. The van der Waals surface area contributed by atoms with Crippen LogP contribution in [0.15, 0.2) is 36.4 Å². The van der Waals surface area contributed by atoms with Crippen molar-refractivity contribution in [3.8, 4) is 0 Å². The highest BCUT2D eigenvalue weighted by Crippen LogP contribution is 2.25. The molecule has 0 bridgehead atoms. The van der Waals surface area contributed by atoms with Gasteiger partial charge >= 0.3 is 0 Å². The summed E-state index contributed by atoms with van der Waals surface area (Å²) in [4.78, 5) is 0. The first kappa shape index (κ1) is 11.5. The number of rotatable bonds is 2. The van der Waals surface area contributed by atoms with Crippen molar-refractivity contribution in [3.05, 3.63) is 53.3 Å². The Kier molecular flexibility index (Phi) is 3.00. The summed E-state index contributed by atoms with van der Waals surface area (Å²) >= 11 is 0. The van der Waals surface area contributed by atoms with Gasteiger partial charge < -0.3 is 11.1 Å². The Labute approximate surface area is 100 Å². The molecule has 0 radical (unpaired) electrons. The summed E-state index contributed by atoms with van der Waals surface area (Å²) in [5, 5.41) is 3.16. The third-order valence-electron chi connectivity index (χ3n) is 2.83. The molecule has 0 aliphatic heterocycles. The minimum atomic E-state index is -0.212. The first-order valence-electron chi connectivity index (χ1n) is 5.46. The van der Waals surface area contributed by atoms with Crippen molar-refractivity contribution < 1.29 is 4.39 Å². The van der Waals surface area contributed by atoms with Crippen LogP contribution in [0.1, 0.15) is 11.1 Å². The Morgan fingerprint density at radius 2 is 1.88 bits per heavy atom. The van der Waals surface area contributed by atoms with Crippen LogP contribution in [0.25, 0.3) is 0 Å². The minimum Gasteiger partial charge on any atom is -0.398 e. The predicted octanol–water partition coefficient (Wildman–Crippen LogP) is 3.77. The average molecular weight is 230 g/mol. The third kappa shape index (κ3) is 2.38. The fourth-order valence-electron chi connectivity index (χ4n) is 1.62. The molecule has 0 saturated carbocycles. The highest BCUT2D eigenvalue weighted by atomic mass is 19.1. The Bertz CT molecular complexity index is 550. The van der Waals surface area contributed by atoms with Gasteiger partial charge in [0, 0.05) is 17.1 Å². The number of benzene rings is 2. The molecule has 0 aliphatic rings. The normalized spacial score (nSPS) is 10.3. The van der Waals surface area contributed by atoms with Crippen LogP contribution >= 0.6 is 0 Å². The topological polar surface area (TPSA) is 38.0 Å². The lowest BCUT2D eigenvalue weighted by Gasteiger charge is -2.11. The van der Waals surface area contributed by atoms with Crippen LogP contribution in [-0.2, 0) is 0 Å². The van der Waals surface area contributed by atoms with E-state index in [0.29, 0.717) is 5.56 Å². The van der Waals surface area contributed by atoms with Gasteiger partial charge in [-0.2, -0.15) is 0 Å². The van der Waals surface area contributed by atoms with Gasteiger partial charge in [-0.05, 0) is 49.2 Å². The second kappa shape index (κ2) is 4.45. The second-order valence-electron chi connectivity index (χ2n) is 4.11. The molecule has 0 atom stereocenters. The maximum Gasteiger partial charge on any atom is 0.128 e. The molecule has 2 aromatic carbocycles. The molecule has 0 unspecified atom stereocenters. The van der Waals surface area contributed by atoms with Crippen molar-refractivity contribution in [1.82, 2.24) is 0 Å². The van der Waals surface area contributed by atoms with Crippen molar-refractivity contribution in [2.75, 3.05) is 11.1 Å². The van der Waals surface area contributed by atoms with Crippen LogP contribution < -0.4 is 11.1 Å². The van der Waals surface area contributed by atoms with Crippen LogP contribution in [0, 0.1) is 19.7 Å². The second-order valence-corrected chi connectivity index (χ2v) is 4.11. The zero-order chi connectivity index (χ0) is 12.4. The molecule has 0 fully saturated rings. The fourth-order valence-corrected chi connectivity index (χ4v) is 1.62. The maximum absolute atomic E-state index is 13.4. The van der Waals surface area contributed by atoms with Gasteiger partial charge in [-0.25, -0.2) is 4.39 Å². The van der Waals surface area contributed by atoms with E-state index >= 15 is 0 Å². The Morgan fingerprint density at radius 3 is 2.59 bits per heavy atom. The lowest BCUT2D eigenvalue weighted by molar-refractivity contribution is 0.619. The number of hydrogen-bond acceptors (Lipinski definition) is 2. The average Bonchev–Trinajstić information content (AvgIpc) is 2.30. The van der Waals surface area contributed by atoms with E-state index in [9.17, 15) is 4.39 Å². The van der Waals surface area contributed by atoms with E-state index in [4.69, 9.17) is 5.73 Å². The number of nitrogens with two attached hydrogens (primary N) is 1. The van der Waals surface area contributed by atoms with Crippen molar-refractivity contribution >= 4 is 17.1 Å². The highest BCUT2D eigenvalue weighted by molar-refractivity contribution is 5.69. The van der Waals surface area contributed by atoms with E-state index < -0.39 is 0 Å². The van der Waals surface area contributed by atoms with Gasteiger partial charge in [0.1, 0.15) is 5.82 Å². The number of anilines is 3. The van der Waals surface area contributed by atoms with Crippen molar-refractivity contribution in [2.24, 2.45) is 0 Å². The van der Waals surface area contributed by atoms with Crippen LogP contribution in [0.2, 0.25) is 0 Å². The van der Waals surface area contributed by atoms with E-state index in [0.717, 1.165) is 22.6 Å². The van der Waals surface area contributed by atoms with Crippen molar-refractivity contribution in [1.29, 1.82) is 0 Å². The van der Waals surface area contributed by atoms with E-state index in [1.807, 2.05) is 31.2 Å². The van der Waals surface area contributed by atoms with Gasteiger partial charge in [0.15, 0.2) is 0 Å². The first-order chi connectivity index (χ1) is 8.08. The van der Waals surface area contributed by atoms with Crippen LogP contribution in [0.5, 0.6) is 0 Å². The summed E-state index contributed by atoms with van der Waals surface area (Å²) in [7, 11) is 0. The first-order valence-corrected chi connectivity index (χ1v) is 5.46. The minimum absolute atomic E-state index is 0.212. The van der Waals surface area contributed by atoms with E-state index in [2.05, 4.69) is 5.32 Å². The molecular formula is C14H15FN2. The molecule has 2 rings (SSSR count). The number of aryl methyl sites for hydroxylation is 1. The largest absolute Gasteiger partial charge is 0.398 e. The molecule has 0 amide bonds. The lowest BCUT2D eigenvalue weighted by Crippen LogP contribution is -1.97. The van der Waals surface area contributed by atoms with Gasteiger partial charge in [0.25, 0.3) is 0 Å². The summed E-state index contributed by atoms with van der Waals surface area (Å²) in [6.45, 7) is 3.67. The van der Waals surface area contributed by atoms with E-state index in [1.165, 1.54) is 6.07 Å². The van der Waals surface area contributed by atoms with Gasteiger partial charge in [-0.15, -0.1) is 0 Å². The van der Waals surface area contributed by atoms with Crippen LogP contribution in [-0.4, -0.2) is 0 Å². The molecule has 3 N–H and O–H groups in total. The zero-order valence-corrected chi connectivity index (χ0v) is 9.92. The molecule has 0 aromatic heterocycles. The van der Waals surface area contributed by atoms with Gasteiger partial charge in [-0.1, -0.05) is 12.1 Å². The summed E-state index contributed by atoms with van der Waals surface area (Å²) < 4.78 is 13.4. The monoisotopic (exact) mass is 230 g/mol. The number of halogens is 1. The Hall–Kier alpha value is -2.03. The summed E-state index contributed by atoms with van der Waals surface area (Å²) in [6.07, 6.45) is 0. The summed E-state index contributed by atoms with van der Waals surface area (Å²) in [6, 6.07) is 10.7. The van der Waals surface area contributed by atoms with Gasteiger partial charge in [0.2, 0.25) is 0 Å². The standard InChI is InChI=1S/C14H15FN2/c1-9-6-7-11(8-12(9)15)17-14-5-3-4-13(16)10(14)2/h3-8,17H,16H2,1-2H3. The SMILES string of the molecule is Cc1ccc(Nc2cccc(N)c2C)cc1F. The van der Waals surface area contributed by atoms with Gasteiger partial charge in [0.05, 0.1) is 0 Å². The van der Waals surface area contributed by atoms with Crippen LogP contribution in [0.4, 0.5) is 21.5 Å². The third-order valence-corrected chi connectivity index (χ3v) is 2.83. The maximum atomic E-state index is 13.4. The summed E-state index contributed by atoms with van der Waals surface area (Å²) in [5.41, 5.74) is 9.76. The van der Waals surface area contributed by atoms with Crippen molar-refractivity contribution in [3.63, 3.8) is 0 Å². The predicted molar refractivity (Wildman–Crippen MR) is 70.0 cm³/mol. The zero-order valence-electron chi connectivity index (χ0n) is 9.92. The quantitative estimate of drug-likeness (QED) is 0.771. The van der Waals surface area contributed by atoms with E-state index in [1.54, 1.807) is 13.0 Å². The van der Waals surface area contributed by atoms with E-state index in [-0.39, 0.29) is 5.82 Å². The number of hydrogen-bond donors (Lipinski definition) is 2. The summed E-state index contributed by atoms with van der Waals surface area (Å²) in [5.74, 6) is -0.212.